The van der Waals surface area contributed by atoms with Crippen LogP contribution >= 0.6 is 11.6 Å². The molecule has 2 rings (SSSR count). The first-order chi connectivity index (χ1) is 7.58. The molecule has 16 heavy (non-hydrogen) atoms. The Morgan fingerprint density at radius 2 is 1.94 bits per heavy atom. The Morgan fingerprint density at radius 3 is 2.56 bits per heavy atom. The maximum Gasteiger partial charge on any atom is 0.223 e. The molecule has 0 amide bonds. The first-order valence-corrected chi connectivity index (χ1v) is 4.83. The van der Waals surface area contributed by atoms with E-state index in [1.54, 1.807) is 18.2 Å². The summed E-state index contributed by atoms with van der Waals surface area (Å²) in [6, 6.07) is 6.50. The highest BCUT2D eigenvalue weighted by atomic mass is 35.5. The minimum atomic E-state index is 0.0198. The Bertz CT molecular complexity index is 521. The maximum absolute atomic E-state index is 9.36. The lowest BCUT2D eigenvalue weighted by Gasteiger charge is -2.07. The molecule has 2 aromatic rings. The highest BCUT2D eigenvalue weighted by Gasteiger charge is 2.12. The minimum absolute atomic E-state index is 0.0198. The fourth-order valence-electron chi connectivity index (χ4n) is 1.39. The predicted molar refractivity (Wildman–Crippen MR) is 63.0 cm³/mol. The number of phenolic OH excluding ortho intramolecular Hbond substituents is 1. The molecule has 0 aliphatic rings. The first kappa shape index (κ1) is 10.5. The molecule has 0 fully saturated rings. The van der Waals surface area contributed by atoms with Crippen LogP contribution in [0, 0.1) is 0 Å². The van der Waals surface area contributed by atoms with E-state index >= 15 is 0 Å². The van der Waals surface area contributed by atoms with Crippen molar-refractivity contribution in [2.45, 2.75) is 0 Å². The first-order valence-electron chi connectivity index (χ1n) is 4.46. The molecule has 0 spiro atoms. The Hall–Kier alpha value is -2.01. The van der Waals surface area contributed by atoms with Crippen LogP contribution < -0.4 is 11.5 Å². The molecular formula is C10H9ClN4O. The van der Waals surface area contributed by atoms with Gasteiger partial charge in [0.2, 0.25) is 5.95 Å². The van der Waals surface area contributed by atoms with E-state index in [9.17, 15) is 5.11 Å². The molecule has 0 saturated heterocycles. The summed E-state index contributed by atoms with van der Waals surface area (Å²) in [5, 5.41) is 9.52. The third kappa shape index (κ3) is 1.85. The normalized spacial score (nSPS) is 10.3. The molecule has 82 valence electrons. The van der Waals surface area contributed by atoms with Gasteiger partial charge in [0, 0.05) is 0 Å². The van der Waals surface area contributed by atoms with Gasteiger partial charge in [-0.2, -0.15) is 4.98 Å². The summed E-state index contributed by atoms with van der Waals surface area (Å²) in [4.78, 5) is 7.63. The van der Waals surface area contributed by atoms with Crippen molar-refractivity contribution < 1.29 is 5.11 Å². The van der Waals surface area contributed by atoms with Crippen LogP contribution in [-0.4, -0.2) is 15.1 Å². The van der Waals surface area contributed by atoms with E-state index in [1.165, 1.54) is 6.07 Å². The quantitative estimate of drug-likeness (QED) is 0.654. The van der Waals surface area contributed by atoms with Crippen molar-refractivity contribution in [2.24, 2.45) is 0 Å². The minimum Gasteiger partial charge on any atom is -0.508 e. The Labute approximate surface area is 96.7 Å². The second-order valence-corrected chi connectivity index (χ2v) is 3.54. The number of nitrogens with two attached hydrogens (primary N) is 2. The van der Waals surface area contributed by atoms with Crippen LogP contribution in [0.15, 0.2) is 24.3 Å². The SMILES string of the molecule is Nc1nc(N)c(-c2cccc(O)c2)c(Cl)n1. The third-order valence-corrected chi connectivity index (χ3v) is 2.32. The van der Waals surface area contributed by atoms with Crippen LogP contribution in [0.2, 0.25) is 5.15 Å². The largest absolute Gasteiger partial charge is 0.508 e. The second kappa shape index (κ2) is 3.86. The number of hydrogen-bond acceptors (Lipinski definition) is 5. The molecule has 0 aliphatic carbocycles. The van der Waals surface area contributed by atoms with E-state index < -0.39 is 0 Å². The predicted octanol–water partition coefficient (Wildman–Crippen LogP) is 1.67. The lowest BCUT2D eigenvalue weighted by molar-refractivity contribution is 0.475. The Morgan fingerprint density at radius 1 is 1.19 bits per heavy atom. The van der Waals surface area contributed by atoms with E-state index in [-0.39, 0.29) is 22.7 Å². The zero-order chi connectivity index (χ0) is 11.7. The lowest BCUT2D eigenvalue weighted by atomic mass is 10.1. The van der Waals surface area contributed by atoms with Gasteiger partial charge in [0.1, 0.15) is 16.7 Å². The van der Waals surface area contributed by atoms with Gasteiger partial charge in [0.25, 0.3) is 0 Å². The number of aromatic nitrogens is 2. The zero-order valence-electron chi connectivity index (χ0n) is 8.18. The number of nitrogen functional groups attached to an aromatic ring is 2. The van der Waals surface area contributed by atoms with Crippen LogP contribution in [-0.2, 0) is 0 Å². The van der Waals surface area contributed by atoms with Crippen molar-refractivity contribution in [1.29, 1.82) is 0 Å². The number of phenols is 1. The van der Waals surface area contributed by atoms with Gasteiger partial charge in [-0.3, -0.25) is 0 Å². The van der Waals surface area contributed by atoms with Crippen molar-refractivity contribution in [1.82, 2.24) is 9.97 Å². The summed E-state index contributed by atoms with van der Waals surface area (Å²) >= 11 is 5.93. The number of halogens is 1. The standard InChI is InChI=1S/C10H9ClN4O/c11-8-7(9(12)15-10(13)14-8)5-2-1-3-6(16)4-5/h1-4,16H,(H4,12,13,14,15). The molecule has 5 N–H and O–H groups in total. The molecule has 0 aliphatic heterocycles. The molecular weight excluding hydrogens is 228 g/mol. The molecule has 1 heterocycles. The van der Waals surface area contributed by atoms with Gasteiger partial charge in [0.15, 0.2) is 0 Å². The number of aromatic hydroxyl groups is 1. The molecule has 0 unspecified atom stereocenters. The summed E-state index contributed by atoms with van der Waals surface area (Å²) in [6.45, 7) is 0. The smallest absolute Gasteiger partial charge is 0.223 e. The van der Waals surface area contributed by atoms with E-state index in [0.29, 0.717) is 11.1 Å². The third-order valence-electron chi connectivity index (χ3n) is 2.04. The van der Waals surface area contributed by atoms with E-state index in [1.807, 2.05) is 0 Å². The molecule has 5 nitrogen and oxygen atoms in total. The lowest BCUT2D eigenvalue weighted by Crippen LogP contribution is -2.02. The van der Waals surface area contributed by atoms with Crippen molar-refractivity contribution in [2.75, 3.05) is 11.5 Å². The molecule has 0 atom stereocenters. The summed E-state index contributed by atoms with van der Waals surface area (Å²) in [7, 11) is 0. The highest BCUT2D eigenvalue weighted by molar-refractivity contribution is 6.32. The van der Waals surface area contributed by atoms with Gasteiger partial charge in [-0.05, 0) is 17.7 Å². The van der Waals surface area contributed by atoms with Crippen LogP contribution in [0.25, 0.3) is 11.1 Å². The maximum atomic E-state index is 9.36. The molecule has 0 bridgehead atoms. The number of rotatable bonds is 1. The molecule has 1 aromatic heterocycles. The van der Waals surface area contributed by atoms with Crippen molar-refractivity contribution >= 4 is 23.4 Å². The van der Waals surface area contributed by atoms with Crippen LogP contribution in [0.1, 0.15) is 0 Å². The van der Waals surface area contributed by atoms with Gasteiger partial charge in [-0.15, -0.1) is 0 Å². The van der Waals surface area contributed by atoms with E-state index in [2.05, 4.69) is 9.97 Å². The Balaban J connectivity index is 2.64. The van der Waals surface area contributed by atoms with E-state index in [0.717, 1.165) is 0 Å². The highest BCUT2D eigenvalue weighted by Crippen LogP contribution is 2.32. The summed E-state index contributed by atoms with van der Waals surface area (Å²) in [6.07, 6.45) is 0. The topological polar surface area (TPSA) is 98.0 Å². The average Bonchev–Trinajstić information content (AvgIpc) is 2.15. The average molecular weight is 237 g/mol. The monoisotopic (exact) mass is 236 g/mol. The van der Waals surface area contributed by atoms with Crippen LogP contribution in [0.5, 0.6) is 5.75 Å². The van der Waals surface area contributed by atoms with Gasteiger partial charge in [0.05, 0.1) is 5.56 Å². The van der Waals surface area contributed by atoms with Crippen LogP contribution in [0.4, 0.5) is 11.8 Å². The summed E-state index contributed by atoms with van der Waals surface area (Å²) in [5.41, 5.74) is 12.2. The zero-order valence-corrected chi connectivity index (χ0v) is 8.94. The molecule has 0 radical (unpaired) electrons. The Kier molecular flexibility index (Phi) is 2.54. The number of nitrogens with zero attached hydrogens (tertiary/aromatic N) is 2. The number of anilines is 2. The van der Waals surface area contributed by atoms with Crippen molar-refractivity contribution in [3.8, 4) is 16.9 Å². The molecule has 6 heteroatoms. The molecule has 0 saturated carbocycles. The fourth-order valence-corrected chi connectivity index (χ4v) is 1.69. The summed E-state index contributed by atoms with van der Waals surface area (Å²) in [5.74, 6) is 0.319. The van der Waals surface area contributed by atoms with Gasteiger partial charge in [-0.25, -0.2) is 4.98 Å². The molecule has 1 aromatic carbocycles. The fraction of sp³-hybridized carbons (Fsp3) is 0. The van der Waals surface area contributed by atoms with Gasteiger partial charge >= 0.3 is 0 Å². The number of hydrogen-bond donors (Lipinski definition) is 3. The van der Waals surface area contributed by atoms with Gasteiger partial charge in [-0.1, -0.05) is 23.7 Å². The summed E-state index contributed by atoms with van der Waals surface area (Å²) < 4.78 is 0. The van der Waals surface area contributed by atoms with Crippen LogP contribution in [0.3, 0.4) is 0 Å². The van der Waals surface area contributed by atoms with Crippen molar-refractivity contribution in [3.63, 3.8) is 0 Å². The van der Waals surface area contributed by atoms with Crippen molar-refractivity contribution in [3.05, 3.63) is 29.4 Å². The second-order valence-electron chi connectivity index (χ2n) is 3.18. The van der Waals surface area contributed by atoms with Gasteiger partial charge < -0.3 is 16.6 Å². The van der Waals surface area contributed by atoms with E-state index in [4.69, 9.17) is 23.1 Å². The number of benzene rings is 1.